The molecule has 1 rings (SSSR count). The van der Waals surface area contributed by atoms with Crippen molar-refractivity contribution in [3.05, 3.63) is 29.8 Å². The van der Waals surface area contributed by atoms with Crippen LogP contribution in [0.5, 0.6) is 5.75 Å². The number of Topliss-reactive ketones (excluding diaryl/α,β-unsaturated/α-hetero) is 1. The van der Waals surface area contributed by atoms with Crippen LogP contribution in [0, 0.1) is 0 Å². The standard InChI is InChI=1S/C15H21O5P/c1-12(16)13-4-6-14(7-5-13)19-9-10-20-15(17)8-11-21(2,3)18/h4-7H,8-11H2,1-3H3. The molecule has 6 heteroatoms. The Hall–Kier alpha value is -1.61. The van der Waals surface area contributed by atoms with E-state index in [4.69, 9.17) is 9.47 Å². The van der Waals surface area contributed by atoms with Crippen molar-refractivity contribution >= 4 is 18.9 Å². The van der Waals surface area contributed by atoms with Gasteiger partial charge in [0.1, 0.15) is 19.0 Å². The predicted molar refractivity (Wildman–Crippen MR) is 81.8 cm³/mol. The number of hydrogen-bond donors (Lipinski definition) is 0. The third-order valence-corrected chi connectivity index (χ3v) is 4.03. The van der Waals surface area contributed by atoms with E-state index in [-0.39, 0.29) is 31.4 Å². The van der Waals surface area contributed by atoms with Crippen molar-refractivity contribution in [3.8, 4) is 5.75 Å². The highest BCUT2D eigenvalue weighted by atomic mass is 31.2. The zero-order valence-electron chi connectivity index (χ0n) is 12.6. The van der Waals surface area contributed by atoms with Gasteiger partial charge in [-0.25, -0.2) is 0 Å². The third-order valence-electron chi connectivity index (χ3n) is 2.73. The molecule has 0 amide bonds. The maximum Gasteiger partial charge on any atom is 0.306 e. The molecule has 0 bridgehead atoms. The van der Waals surface area contributed by atoms with Crippen LogP contribution in [0.3, 0.4) is 0 Å². The fourth-order valence-corrected chi connectivity index (χ4v) is 2.25. The Bertz CT molecular complexity index is 529. The molecule has 0 aromatic heterocycles. The smallest absolute Gasteiger partial charge is 0.306 e. The van der Waals surface area contributed by atoms with Crippen molar-refractivity contribution in [1.29, 1.82) is 0 Å². The van der Waals surface area contributed by atoms with E-state index in [2.05, 4.69) is 0 Å². The van der Waals surface area contributed by atoms with Crippen LogP contribution in [0.15, 0.2) is 24.3 Å². The van der Waals surface area contributed by atoms with E-state index >= 15 is 0 Å². The summed E-state index contributed by atoms with van der Waals surface area (Å²) in [7, 11) is -2.18. The molecule has 0 aliphatic heterocycles. The van der Waals surface area contributed by atoms with Gasteiger partial charge in [-0.3, -0.25) is 9.59 Å². The molecule has 0 saturated carbocycles. The summed E-state index contributed by atoms with van der Waals surface area (Å²) in [5.74, 6) is 0.247. The molecule has 0 spiro atoms. The van der Waals surface area contributed by atoms with E-state index in [0.717, 1.165) is 0 Å². The van der Waals surface area contributed by atoms with Crippen LogP contribution in [0.4, 0.5) is 0 Å². The van der Waals surface area contributed by atoms with Gasteiger partial charge in [0, 0.05) is 11.7 Å². The molecule has 1 aromatic carbocycles. The van der Waals surface area contributed by atoms with Gasteiger partial charge in [0.05, 0.1) is 13.6 Å². The summed E-state index contributed by atoms with van der Waals surface area (Å²) in [6.07, 6.45) is 0.525. The summed E-state index contributed by atoms with van der Waals surface area (Å²) in [6.45, 7) is 5.18. The van der Waals surface area contributed by atoms with E-state index in [1.165, 1.54) is 6.92 Å². The zero-order chi connectivity index (χ0) is 15.9. The quantitative estimate of drug-likeness (QED) is 0.319. The Labute approximate surface area is 125 Å². The first-order chi connectivity index (χ1) is 9.78. The van der Waals surface area contributed by atoms with E-state index in [9.17, 15) is 14.2 Å². The van der Waals surface area contributed by atoms with Crippen LogP contribution in [0.25, 0.3) is 0 Å². The Morgan fingerprint density at radius 3 is 2.24 bits per heavy atom. The van der Waals surface area contributed by atoms with Crippen LogP contribution in [-0.4, -0.2) is 44.5 Å². The first-order valence-corrected chi connectivity index (χ1v) is 9.50. The normalized spacial score (nSPS) is 11.0. The van der Waals surface area contributed by atoms with Crippen molar-refractivity contribution in [2.45, 2.75) is 13.3 Å². The lowest BCUT2D eigenvalue weighted by atomic mass is 10.1. The molecular weight excluding hydrogens is 291 g/mol. The van der Waals surface area contributed by atoms with Gasteiger partial charge in [0.2, 0.25) is 0 Å². The molecule has 0 heterocycles. The molecular formula is C15H21O5P. The van der Waals surface area contributed by atoms with Crippen LogP contribution in [-0.2, 0) is 14.1 Å². The number of rotatable bonds is 8. The zero-order valence-corrected chi connectivity index (χ0v) is 13.5. The predicted octanol–water partition coefficient (Wildman–Crippen LogP) is 2.82. The third kappa shape index (κ3) is 7.66. The summed E-state index contributed by atoms with van der Waals surface area (Å²) in [5, 5.41) is 0. The average molecular weight is 312 g/mol. The van der Waals surface area contributed by atoms with Crippen LogP contribution < -0.4 is 4.74 Å². The molecule has 5 nitrogen and oxygen atoms in total. The number of ether oxygens (including phenoxy) is 2. The Morgan fingerprint density at radius 1 is 1.10 bits per heavy atom. The molecule has 0 atom stereocenters. The number of hydrogen-bond acceptors (Lipinski definition) is 5. The minimum absolute atomic E-state index is 0.000354. The number of carbonyl (C=O) groups is 2. The Kier molecular flexibility index (Phi) is 6.63. The number of benzene rings is 1. The average Bonchev–Trinajstić information content (AvgIpc) is 2.41. The number of ketones is 1. The molecule has 0 saturated heterocycles. The number of esters is 1. The van der Waals surface area contributed by atoms with Crippen molar-refractivity contribution in [2.24, 2.45) is 0 Å². The molecule has 0 radical (unpaired) electrons. The topological polar surface area (TPSA) is 69.7 Å². The fourth-order valence-electron chi connectivity index (χ4n) is 1.53. The van der Waals surface area contributed by atoms with Crippen LogP contribution in [0.2, 0.25) is 0 Å². The molecule has 0 N–H and O–H groups in total. The van der Waals surface area contributed by atoms with Gasteiger partial charge in [0.15, 0.2) is 5.78 Å². The second-order valence-corrected chi connectivity index (χ2v) is 8.79. The molecule has 0 aliphatic rings. The van der Waals surface area contributed by atoms with Gasteiger partial charge in [-0.05, 0) is 44.5 Å². The van der Waals surface area contributed by atoms with Gasteiger partial charge in [-0.1, -0.05) is 0 Å². The summed E-state index contributed by atoms with van der Waals surface area (Å²) < 4.78 is 21.8. The first kappa shape index (κ1) is 17.4. The minimum Gasteiger partial charge on any atom is -0.490 e. The molecule has 0 unspecified atom stereocenters. The monoisotopic (exact) mass is 312 g/mol. The summed E-state index contributed by atoms with van der Waals surface area (Å²) in [6, 6.07) is 6.76. The van der Waals surface area contributed by atoms with E-state index in [0.29, 0.717) is 17.5 Å². The van der Waals surface area contributed by atoms with Gasteiger partial charge in [-0.15, -0.1) is 0 Å². The lowest BCUT2D eigenvalue weighted by molar-refractivity contribution is -0.143. The molecule has 0 aliphatic carbocycles. The molecule has 21 heavy (non-hydrogen) atoms. The van der Waals surface area contributed by atoms with Gasteiger partial charge in [0.25, 0.3) is 0 Å². The van der Waals surface area contributed by atoms with Crippen LogP contribution >= 0.6 is 7.14 Å². The fraction of sp³-hybridized carbons (Fsp3) is 0.467. The summed E-state index contributed by atoms with van der Waals surface area (Å²) >= 11 is 0. The van der Waals surface area contributed by atoms with Gasteiger partial charge >= 0.3 is 5.97 Å². The maximum absolute atomic E-state index is 11.5. The highest BCUT2D eigenvalue weighted by Crippen LogP contribution is 2.36. The SMILES string of the molecule is CC(=O)c1ccc(OCCOC(=O)CCP(C)(C)=O)cc1. The molecule has 1 aromatic rings. The summed E-state index contributed by atoms with van der Waals surface area (Å²) in [4.78, 5) is 22.5. The second kappa shape index (κ2) is 7.99. The second-order valence-electron chi connectivity index (χ2n) is 5.20. The first-order valence-electron chi connectivity index (χ1n) is 6.71. The highest BCUT2D eigenvalue weighted by Gasteiger charge is 2.11. The molecule has 116 valence electrons. The Balaban J connectivity index is 2.23. The van der Waals surface area contributed by atoms with Crippen molar-refractivity contribution < 1.29 is 23.6 Å². The maximum atomic E-state index is 11.5. The lowest BCUT2D eigenvalue weighted by Gasteiger charge is -2.09. The Morgan fingerprint density at radius 2 is 1.71 bits per heavy atom. The van der Waals surface area contributed by atoms with Crippen molar-refractivity contribution in [2.75, 3.05) is 32.7 Å². The van der Waals surface area contributed by atoms with E-state index < -0.39 is 7.14 Å². The lowest BCUT2D eigenvalue weighted by Crippen LogP contribution is -2.13. The van der Waals surface area contributed by atoms with E-state index in [1.54, 1.807) is 37.6 Å². The van der Waals surface area contributed by atoms with Crippen LogP contribution in [0.1, 0.15) is 23.7 Å². The summed E-state index contributed by atoms with van der Waals surface area (Å²) in [5.41, 5.74) is 0.623. The molecule has 0 fully saturated rings. The number of carbonyl (C=O) groups excluding carboxylic acids is 2. The van der Waals surface area contributed by atoms with Crippen molar-refractivity contribution in [3.63, 3.8) is 0 Å². The van der Waals surface area contributed by atoms with Gasteiger partial charge in [-0.2, -0.15) is 0 Å². The largest absolute Gasteiger partial charge is 0.490 e. The van der Waals surface area contributed by atoms with Gasteiger partial charge < -0.3 is 14.0 Å². The van der Waals surface area contributed by atoms with Crippen molar-refractivity contribution in [1.82, 2.24) is 0 Å². The minimum atomic E-state index is -2.18. The van der Waals surface area contributed by atoms with E-state index in [1.807, 2.05) is 0 Å². The highest BCUT2D eigenvalue weighted by molar-refractivity contribution is 7.62.